The summed E-state index contributed by atoms with van der Waals surface area (Å²) >= 11 is 0. The molecule has 3 rings (SSSR count). The van der Waals surface area contributed by atoms with Gasteiger partial charge in [-0.3, -0.25) is 9.69 Å². The second-order valence-corrected chi connectivity index (χ2v) is 5.78. The maximum absolute atomic E-state index is 11.2. The fourth-order valence-electron chi connectivity index (χ4n) is 3.57. The van der Waals surface area contributed by atoms with E-state index < -0.39 is 5.97 Å². The molecule has 0 radical (unpaired) electrons. The first-order valence-corrected chi connectivity index (χ1v) is 7.35. The summed E-state index contributed by atoms with van der Waals surface area (Å²) < 4.78 is 10.8. The lowest BCUT2D eigenvalue weighted by Gasteiger charge is -2.42. The van der Waals surface area contributed by atoms with Crippen molar-refractivity contribution in [2.24, 2.45) is 5.92 Å². The number of carbonyl (C=O) groups is 1. The molecule has 1 aromatic rings. The third-order valence-electron chi connectivity index (χ3n) is 4.71. The summed E-state index contributed by atoms with van der Waals surface area (Å²) in [5.74, 6) is 0.608. The number of rotatable bonds is 3. The van der Waals surface area contributed by atoms with E-state index in [9.17, 15) is 9.90 Å². The van der Waals surface area contributed by atoms with Gasteiger partial charge in [0.25, 0.3) is 0 Å². The lowest BCUT2D eigenvalue weighted by Crippen LogP contribution is -2.44. The SMILES string of the molecule is COc1cc2c(cc1OC)C1CCC(C(=O)O)CN1CC2. The topological polar surface area (TPSA) is 59.0 Å². The van der Waals surface area contributed by atoms with E-state index in [1.165, 1.54) is 11.1 Å². The molecule has 0 saturated carbocycles. The van der Waals surface area contributed by atoms with Crippen molar-refractivity contribution in [1.29, 1.82) is 0 Å². The minimum atomic E-state index is -0.674. The van der Waals surface area contributed by atoms with Crippen LogP contribution < -0.4 is 9.47 Å². The lowest BCUT2D eigenvalue weighted by molar-refractivity contribution is -0.144. The van der Waals surface area contributed by atoms with Crippen molar-refractivity contribution in [2.75, 3.05) is 27.3 Å². The monoisotopic (exact) mass is 291 g/mol. The summed E-state index contributed by atoms with van der Waals surface area (Å²) in [5.41, 5.74) is 2.56. The minimum Gasteiger partial charge on any atom is -0.493 e. The van der Waals surface area contributed by atoms with E-state index in [4.69, 9.17) is 9.47 Å². The Bertz CT molecular complexity index is 557. The number of methoxy groups -OCH3 is 2. The highest BCUT2D eigenvalue weighted by Gasteiger charge is 2.36. The molecule has 2 unspecified atom stereocenters. The number of benzene rings is 1. The van der Waals surface area contributed by atoms with E-state index in [1.54, 1.807) is 14.2 Å². The van der Waals surface area contributed by atoms with Gasteiger partial charge in [0.1, 0.15) is 0 Å². The average Bonchev–Trinajstić information content (AvgIpc) is 2.52. The highest BCUT2D eigenvalue weighted by Crippen LogP contribution is 2.42. The van der Waals surface area contributed by atoms with Crippen molar-refractivity contribution >= 4 is 5.97 Å². The van der Waals surface area contributed by atoms with Crippen LogP contribution in [0.3, 0.4) is 0 Å². The van der Waals surface area contributed by atoms with Crippen molar-refractivity contribution in [2.45, 2.75) is 25.3 Å². The normalized spacial score (nSPS) is 24.9. The number of hydrogen-bond acceptors (Lipinski definition) is 4. The molecule has 21 heavy (non-hydrogen) atoms. The first kappa shape index (κ1) is 14.2. The number of ether oxygens (including phenoxy) is 2. The van der Waals surface area contributed by atoms with Gasteiger partial charge in [-0.25, -0.2) is 0 Å². The fraction of sp³-hybridized carbons (Fsp3) is 0.562. The van der Waals surface area contributed by atoms with Gasteiger partial charge in [0.15, 0.2) is 11.5 Å². The van der Waals surface area contributed by atoms with Crippen molar-refractivity contribution in [3.05, 3.63) is 23.3 Å². The summed E-state index contributed by atoms with van der Waals surface area (Å²) in [5, 5.41) is 9.21. The van der Waals surface area contributed by atoms with Crippen LogP contribution in [0.2, 0.25) is 0 Å². The summed E-state index contributed by atoms with van der Waals surface area (Å²) in [6.45, 7) is 1.56. The van der Waals surface area contributed by atoms with E-state index in [-0.39, 0.29) is 5.92 Å². The molecule has 0 spiro atoms. The number of aliphatic carboxylic acids is 1. The number of fused-ring (bicyclic) bond motifs is 3. The van der Waals surface area contributed by atoms with Gasteiger partial charge in [-0.05, 0) is 42.5 Å². The molecule has 2 atom stereocenters. The van der Waals surface area contributed by atoms with Crippen LogP contribution in [0.1, 0.15) is 30.0 Å². The Kier molecular flexibility index (Phi) is 3.76. The van der Waals surface area contributed by atoms with Gasteiger partial charge in [0.2, 0.25) is 0 Å². The summed E-state index contributed by atoms with van der Waals surface area (Å²) in [4.78, 5) is 13.5. The second-order valence-electron chi connectivity index (χ2n) is 5.78. The maximum atomic E-state index is 11.2. The highest BCUT2D eigenvalue weighted by atomic mass is 16.5. The lowest BCUT2D eigenvalue weighted by atomic mass is 9.83. The van der Waals surface area contributed by atoms with Gasteiger partial charge in [-0.2, -0.15) is 0 Å². The Morgan fingerprint density at radius 2 is 1.95 bits per heavy atom. The zero-order valence-corrected chi connectivity index (χ0v) is 12.5. The van der Waals surface area contributed by atoms with Gasteiger partial charge in [0.05, 0.1) is 20.1 Å². The fourth-order valence-corrected chi connectivity index (χ4v) is 3.57. The molecule has 1 saturated heterocycles. The largest absolute Gasteiger partial charge is 0.493 e. The zero-order valence-electron chi connectivity index (χ0n) is 12.5. The van der Waals surface area contributed by atoms with Crippen LogP contribution in [0.4, 0.5) is 0 Å². The number of hydrogen-bond donors (Lipinski definition) is 1. The molecule has 1 N–H and O–H groups in total. The molecular weight excluding hydrogens is 270 g/mol. The molecule has 1 aromatic carbocycles. The number of piperidine rings is 1. The smallest absolute Gasteiger partial charge is 0.307 e. The highest BCUT2D eigenvalue weighted by molar-refractivity contribution is 5.70. The van der Waals surface area contributed by atoms with Crippen LogP contribution >= 0.6 is 0 Å². The van der Waals surface area contributed by atoms with Gasteiger partial charge < -0.3 is 14.6 Å². The second kappa shape index (κ2) is 5.56. The standard InChI is InChI=1S/C16H21NO4/c1-20-14-7-10-5-6-17-9-11(16(18)19)3-4-13(17)12(10)8-15(14)21-2/h7-8,11,13H,3-6,9H2,1-2H3,(H,18,19). The van der Waals surface area contributed by atoms with Crippen LogP contribution in [-0.4, -0.2) is 43.3 Å². The summed E-state index contributed by atoms with van der Waals surface area (Å²) in [7, 11) is 3.30. The Hall–Kier alpha value is -1.75. The molecule has 0 aliphatic carbocycles. The summed E-state index contributed by atoms with van der Waals surface area (Å²) in [6, 6.07) is 4.44. The molecule has 0 aromatic heterocycles. The van der Waals surface area contributed by atoms with Crippen molar-refractivity contribution in [1.82, 2.24) is 4.90 Å². The van der Waals surface area contributed by atoms with Gasteiger partial charge >= 0.3 is 5.97 Å². The maximum Gasteiger partial charge on any atom is 0.307 e. The molecule has 1 fully saturated rings. The molecular formula is C16H21NO4. The molecule has 2 aliphatic rings. The third kappa shape index (κ3) is 2.46. The molecule has 0 bridgehead atoms. The Labute approximate surface area is 124 Å². The molecule has 5 nitrogen and oxygen atoms in total. The first-order valence-electron chi connectivity index (χ1n) is 7.35. The third-order valence-corrected chi connectivity index (χ3v) is 4.71. The quantitative estimate of drug-likeness (QED) is 0.924. The molecule has 0 amide bonds. The van der Waals surface area contributed by atoms with Crippen LogP contribution in [-0.2, 0) is 11.2 Å². The van der Waals surface area contributed by atoms with E-state index in [0.717, 1.165) is 37.3 Å². The van der Waals surface area contributed by atoms with Crippen LogP contribution in [0.25, 0.3) is 0 Å². The van der Waals surface area contributed by atoms with Gasteiger partial charge in [-0.15, -0.1) is 0 Å². The summed E-state index contributed by atoms with van der Waals surface area (Å²) in [6.07, 6.45) is 2.56. The Balaban J connectivity index is 1.91. The Morgan fingerprint density at radius 3 is 2.62 bits per heavy atom. The minimum absolute atomic E-state index is 0.233. The van der Waals surface area contributed by atoms with E-state index >= 15 is 0 Å². The number of carboxylic acid groups (broad SMARTS) is 1. The van der Waals surface area contributed by atoms with Crippen molar-refractivity contribution in [3.8, 4) is 11.5 Å². The van der Waals surface area contributed by atoms with E-state index in [0.29, 0.717) is 12.6 Å². The van der Waals surface area contributed by atoms with Gasteiger partial charge in [0, 0.05) is 19.1 Å². The first-order chi connectivity index (χ1) is 10.1. The van der Waals surface area contributed by atoms with Crippen LogP contribution in [0, 0.1) is 5.92 Å². The number of carboxylic acids is 1. The van der Waals surface area contributed by atoms with Crippen molar-refractivity contribution < 1.29 is 19.4 Å². The van der Waals surface area contributed by atoms with Crippen molar-refractivity contribution in [3.63, 3.8) is 0 Å². The predicted molar refractivity (Wildman–Crippen MR) is 77.9 cm³/mol. The van der Waals surface area contributed by atoms with Crippen LogP contribution in [0.5, 0.6) is 11.5 Å². The molecule has 5 heteroatoms. The average molecular weight is 291 g/mol. The molecule has 2 heterocycles. The van der Waals surface area contributed by atoms with E-state index in [1.807, 2.05) is 0 Å². The predicted octanol–water partition coefficient (Wildman–Crippen LogP) is 2.10. The molecule has 2 aliphatic heterocycles. The Morgan fingerprint density at radius 1 is 1.24 bits per heavy atom. The number of nitrogens with zero attached hydrogens (tertiary/aromatic N) is 1. The van der Waals surface area contributed by atoms with E-state index in [2.05, 4.69) is 17.0 Å². The zero-order chi connectivity index (χ0) is 15.0. The van der Waals surface area contributed by atoms with Crippen LogP contribution in [0.15, 0.2) is 12.1 Å². The molecule has 114 valence electrons. The van der Waals surface area contributed by atoms with Gasteiger partial charge in [-0.1, -0.05) is 0 Å².